The van der Waals surface area contributed by atoms with Gasteiger partial charge in [-0.05, 0) is 18.2 Å². The van der Waals surface area contributed by atoms with Crippen LogP contribution >= 0.6 is 0 Å². The first kappa shape index (κ1) is 22.9. The number of aryl methyl sites for hydroxylation is 1. The quantitative estimate of drug-likeness (QED) is 0.411. The van der Waals surface area contributed by atoms with E-state index in [-0.39, 0.29) is 16.8 Å². The van der Waals surface area contributed by atoms with Gasteiger partial charge in [-0.2, -0.15) is 5.10 Å². The zero-order valence-electron chi connectivity index (χ0n) is 18.7. The molecule has 0 aliphatic heterocycles. The third-order valence-electron chi connectivity index (χ3n) is 4.59. The van der Waals surface area contributed by atoms with Crippen LogP contribution in [0.1, 0.15) is 6.92 Å². The lowest BCUT2D eigenvalue weighted by molar-refractivity contribution is -0.114. The molecule has 0 bridgehead atoms. The summed E-state index contributed by atoms with van der Waals surface area (Å²) in [6.45, 7) is 1.38. The zero-order valence-corrected chi connectivity index (χ0v) is 19.5. The van der Waals surface area contributed by atoms with Crippen LogP contribution in [0.5, 0.6) is 11.5 Å². The van der Waals surface area contributed by atoms with Crippen LogP contribution in [-0.4, -0.2) is 40.3 Å². The van der Waals surface area contributed by atoms with E-state index in [1.807, 2.05) is 24.3 Å². The number of amides is 1. The Bertz CT molecular complexity index is 1450. The van der Waals surface area contributed by atoms with Crippen molar-refractivity contribution in [1.29, 1.82) is 0 Å². The molecular formula is C23H22N6O4S. The molecule has 0 spiro atoms. The first-order valence-electron chi connectivity index (χ1n) is 10.2. The highest BCUT2D eigenvalue weighted by Gasteiger charge is 2.16. The zero-order chi connectivity index (χ0) is 24.3. The topological polar surface area (TPSA) is 128 Å². The number of ether oxygens (including phenoxy) is 1. The molecule has 4 rings (SSSR count). The van der Waals surface area contributed by atoms with E-state index >= 15 is 0 Å². The fraction of sp³-hybridized carbons (Fsp3) is 0.130. The number of carbonyl (C=O) groups excluding carboxylic acids is 1. The van der Waals surface area contributed by atoms with E-state index in [1.54, 1.807) is 48.4 Å². The lowest BCUT2D eigenvalue weighted by Crippen LogP contribution is -2.09. The molecule has 4 aromatic rings. The minimum absolute atomic E-state index is 0.154. The van der Waals surface area contributed by atoms with Crippen LogP contribution < -0.4 is 15.4 Å². The summed E-state index contributed by atoms with van der Waals surface area (Å²) in [5.74, 6) is 1.10. The van der Waals surface area contributed by atoms with Gasteiger partial charge in [0.25, 0.3) is 0 Å². The molecule has 0 saturated carbocycles. The Morgan fingerprint density at radius 1 is 1.03 bits per heavy atom. The number of sulfone groups is 1. The lowest BCUT2D eigenvalue weighted by Gasteiger charge is -2.14. The van der Waals surface area contributed by atoms with E-state index in [4.69, 9.17) is 4.74 Å². The largest absolute Gasteiger partial charge is 0.457 e. The van der Waals surface area contributed by atoms with E-state index in [9.17, 15) is 13.2 Å². The number of nitrogens with one attached hydrogen (secondary N) is 2. The van der Waals surface area contributed by atoms with Crippen molar-refractivity contribution in [2.75, 3.05) is 16.9 Å². The normalized spacial score (nSPS) is 11.1. The molecule has 0 unspecified atom stereocenters. The van der Waals surface area contributed by atoms with Crippen molar-refractivity contribution >= 4 is 33.1 Å². The molecule has 3 heterocycles. The standard InChI is InChI=1S/C23H22N6O4S/c1-15(30)25-21-13-20(18(14-24-21)19-9-10-29(2)28-19)26-22-11-17(12-23(27-22)34(3,31)32)33-16-7-5-4-6-8-16/h4-14H,1-3H3,(H2,24,25,26,27,30). The molecular weight excluding hydrogens is 456 g/mol. The van der Waals surface area contributed by atoms with Gasteiger partial charge in [0.15, 0.2) is 14.9 Å². The Hall–Kier alpha value is -4.25. The maximum Gasteiger partial charge on any atom is 0.222 e. The molecule has 1 amide bonds. The smallest absolute Gasteiger partial charge is 0.222 e. The predicted molar refractivity (Wildman–Crippen MR) is 128 cm³/mol. The highest BCUT2D eigenvalue weighted by molar-refractivity contribution is 7.90. The number of carbonyl (C=O) groups is 1. The number of benzene rings is 1. The Morgan fingerprint density at radius 2 is 1.79 bits per heavy atom. The Morgan fingerprint density at radius 3 is 2.44 bits per heavy atom. The summed E-state index contributed by atoms with van der Waals surface area (Å²) in [6.07, 6.45) is 4.43. The van der Waals surface area contributed by atoms with Crippen LogP contribution in [0.2, 0.25) is 0 Å². The molecule has 0 aliphatic rings. The van der Waals surface area contributed by atoms with Crippen LogP contribution in [-0.2, 0) is 21.7 Å². The first-order valence-corrected chi connectivity index (χ1v) is 12.1. The van der Waals surface area contributed by atoms with Crippen LogP contribution in [0.15, 0.2) is 72.0 Å². The summed E-state index contributed by atoms with van der Waals surface area (Å²) in [7, 11) is -1.84. The molecule has 0 saturated heterocycles. The van der Waals surface area contributed by atoms with Gasteiger partial charge in [0.1, 0.15) is 23.1 Å². The number of hydrogen-bond acceptors (Lipinski definition) is 8. The fourth-order valence-corrected chi connectivity index (χ4v) is 3.72. The monoisotopic (exact) mass is 478 g/mol. The van der Waals surface area contributed by atoms with E-state index in [2.05, 4.69) is 25.7 Å². The summed E-state index contributed by atoms with van der Waals surface area (Å²) in [6, 6.07) is 15.4. The van der Waals surface area contributed by atoms with Crippen LogP contribution in [0, 0.1) is 0 Å². The molecule has 0 fully saturated rings. The van der Waals surface area contributed by atoms with Gasteiger partial charge in [0.2, 0.25) is 5.91 Å². The summed E-state index contributed by atoms with van der Waals surface area (Å²) < 4.78 is 32.1. The van der Waals surface area contributed by atoms with Crippen LogP contribution in [0.3, 0.4) is 0 Å². The van der Waals surface area contributed by atoms with Crippen molar-refractivity contribution in [2.45, 2.75) is 11.9 Å². The van der Waals surface area contributed by atoms with E-state index < -0.39 is 9.84 Å². The van der Waals surface area contributed by atoms with Crippen molar-refractivity contribution in [3.05, 3.63) is 67.0 Å². The number of nitrogens with zero attached hydrogens (tertiary/aromatic N) is 4. The minimum Gasteiger partial charge on any atom is -0.457 e. The SMILES string of the molecule is CC(=O)Nc1cc(Nc2cc(Oc3ccccc3)cc(S(C)(=O)=O)n2)c(-c2ccn(C)n2)cn1. The second-order valence-electron chi connectivity index (χ2n) is 7.51. The number of hydrogen-bond donors (Lipinski definition) is 2. The predicted octanol–water partition coefficient (Wildman–Crippen LogP) is 3.77. The van der Waals surface area contributed by atoms with Crippen molar-refractivity contribution < 1.29 is 17.9 Å². The van der Waals surface area contributed by atoms with Crippen LogP contribution in [0.4, 0.5) is 17.3 Å². The summed E-state index contributed by atoms with van der Waals surface area (Å²) in [4.78, 5) is 20.1. The lowest BCUT2D eigenvalue weighted by atomic mass is 10.1. The van der Waals surface area contributed by atoms with Gasteiger partial charge in [0.05, 0.1) is 11.4 Å². The number of anilines is 3. The fourth-order valence-electron chi connectivity index (χ4n) is 3.13. The number of rotatable bonds is 7. The molecule has 3 aromatic heterocycles. The van der Waals surface area contributed by atoms with Gasteiger partial charge in [-0.3, -0.25) is 9.48 Å². The molecule has 174 valence electrons. The third-order valence-corrected chi connectivity index (χ3v) is 5.56. The summed E-state index contributed by atoms with van der Waals surface area (Å²) in [5.41, 5.74) is 1.78. The number of aromatic nitrogens is 4. The van der Waals surface area contributed by atoms with E-state index in [0.29, 0.717) is 34.3 Å². The number of pyridine rings is 2. The molecule has 34 heavy (non-hydrogen) atoms. The Labute approximate surface area is 196 Å². The molecule has 2 N–H and O–H groups in total. The molecule has 1 aromatic carbocycles. The highest BCUT2D eigenvalue weighted by atomic mass is 32.2. The van der Waals surface area contributed by atoms with Gasteiger partial charge in [-0.1, -0.05) is 18.2 Å². The average molecular weight is 479 g/mol. The van der Waals surface area contributed by atoms with Crippen molar-refractivity contribution in [3.63, 3.8) is 0 Å². The maximum absolute atomic E-state index is 12.3. The minimum atomic E-state index is -3.63. The maximum atomic E-state index is 12.3. The summed E-state index contributed by atoms with van der Waals surface area (Å²) >= 11 is 0. The molecule has 0 atom stereocenters. The molecule has 10 nitrogen and oxygen atoms in total. The second-order valence-corrected chi connectivity index (χ2v) is 9.47. The molecule has 0 aliphatic carbocycles. The second kappa shape index (κ2) is 9.32. The van der Waals surface area contributed by atoms with E-state index in [1.165, 1.54) is 13.0 Å². The summed E-state index contributed by atoms with van der Waals surface area (Å²) in [5, 5.41) is 10.0. The van der Waals surface area contributed by atoms with Crippen LogP contribution in [0.25, 0.3) is 11.3 Å². The highest BCUT2D eigenvalue weighted by Crippen LogP contribution is 2.32. The third kappa shape index (κ3) is 5.56. The molecule has 0 radical (unpaired) electrons. The number of para-hydroxylation sites is 1. The van der Waals surface area contributed by atoms with Gasteiger partial charge >= 0.3 is 0 Å². The van der Waals surface area contributed by atoms with Crippen molar-refractivity contribution in [3.8, 4) is 22.8 Å². The van der Waals surface area contributed by atoms with Gasteiger partial charge < -0.3 is 15.4 Å². The van der Waals surface area contributed by atoms with Crippen molar-refractivity contribution in [1.82, 2.24) is 19.7 Å². The Balaban J connectivity index is 1.78. The van der Waals surface area contributed by atoms with Gasteiger partial charge in [-0.25, -0.2) is 18.4 Å². The van der Waals surface area contributed by atoms with E-state index in [0.717, 1.165) is 6.26 Å². The van der Waals surface area contributed by atoms with Gasteiger partial charge in [-0.15, -0.1) is 0 Å². The van der Waals surface area contributed by atoms with Gasteiger partial charge in [0, 0.05) is 56.4 Å². The average Bonchev–Trinajstić information content (AvgIpc) is 3.19. The molecule has 11 heteroatoms. The van der Waals surface area contributed by atoms with Crippen molar-refractivity contribution in [2.24, 2.45) is 7.05 Å². The first-order chi connectivity index (χ1) is 16.2. The Kier molecular flexibility index (Phi) is 6.28.